The molecule has 0 atom stereocenters. The van der Waals surface area contributed by atoms with Crippen LogP contribution in [0, 0.1) is 6.92 Å². The summed E-state index contributed by atoms with van der Waals surface area (Å²) in [5, 5.41) is 0. The van der Waals surface area contributed by atoms with E-state index in [0.29, 0.717) is 0 Å². The van der Waals surface area contributed by atoms with E-state index < -0.39 is 0 Å². The van der Waals surface area contributed by atoms with E-state index in [1.165, 1.54) is 11.3 Å². The summed E-state index contributed by atoms with van der Waals surface area (Å²) >= 11 is 4.83. The molecule has 0 spiro atoms. The summed E-state index contributed by atoms with van der Waals surface area (Å²) < 4.78 is 11.1. The second-order valence-electron chi connectivity index (χ2n) is 2.22. The Balaban J connectivity index is 2.91. The van der Waals surface area contributed by atoms with Crippen LogP contribution in [0.15, 0.2) is 3.92 Å². The number of nitrogens with zero attached hydrogens (tertiary/aromatic N) is 1. The Morgan fingerprint density at radius 2 is 2.00 bits per heavy atom. The lowest BCUT2D eigenvalue weighted by atomic mass is 10.4. The summed E-state index contributed by atoms with van der Waals surface area (Å²) in [6.45, 7) is 1.93. The molecule has 1 heterocycles. The van der Waals surface area contributed by atoms with Crippen LogP contribution in [0.3, 0.4) is 0 Å². The fourth-order valence-electron chi connectivity index (χ4n) is 0.903. The first-order chi connectivity index (χ1) is 5.69. The highest BCUT2D eigenvalue weighted by molar-refractivity contribution is 9.11. The highest BCUT2D eigenvalue weighted by Crippen LogP contribution is 2.30. The Kier molecular flexibility index (Phi) is 3.64. The molecule has 0 aliphatic carbocycles. The van der Waals surface area contributed by atoms with Gasteiger partial charge in [-0.1, -0.05) is 0 Å². The van der Waals surface area contributed by atoms with E-state index in [4.69, 9.17) is 9.47 Å². The molecule has 1 aromatic rings. The number of aryl methyl sites for hydroxylation is 1. The predicted molar refractivity (Wildman–Crippen MR) is 51.3 cm³/mol. The first kappa shape index (κ1) is 10.1. The van der Waals surface area contributed by atoms with Crippen molar-refractivity contribution >= 4 is 27.3 Å². The van der Waals surface area contributed by atoms with Crippen LogP contribution in [0.2, 0.25) is 0 Å². The Bertz CT molecular complexity index is 260. The van der Waals surface area contributed by atoms with Crippen LogP contribution in [-0.2, 0) is 9.47 Å². The van der Waals surface area contributed by atoms with E-state index in [9.17, 15) is 0 Å². The second kappa shape index (κ2) is 4.32. The van der Waals surface area contributed by atoms with Crippen LogP contribution in [0.25, 0.3) is 0 Å². The van der Waals surface area contributed by atoms with Crippen molar-refractivity contribution in [3.63, 3.8) is 0 Å². The molecule has 12 heavy (non-hydrogen) atoms. The SMILES string of the molecule is COC(OC)c1sc(Br)nc1C. The highest BCUT2D eigenvalue weighted by Gasteiger charge is 2.16. The van der Waals surface area contributed by atoms with Gasteiger partial charge in [0.1, 0.15) is 0 Å². The summed E-state index contributed by atoms with van der Waals surface area (Å²) in [7, 11) is 3.22. The number of halogens is 1. The third kappa shape index (κ3) is 2.04. The minimum atomic E-state index is -0.297. The number of thiazole rings is 1. The van der Waals surface area contributed by atoms with Gasteiger partial charge in [-0.25, -0.2) is 4.98 Å². The fraction of sp³-hybridized carbons (Fsp3) is 0.571. The number of hydrogen-bond donors (Lipinski definition) is 0. The van der Waals surface area contributed by atoms with Crippen LogP contribution in [0.5, 0.6) is 0 Å². The molecule has 0 radical (unpaired) electrons. The van der Waals surface area contributed by atoms with Gasteiger partial charge in [0.25, 0.3) is 0 Å². The van der Waals surface area contributed by atoms with E-state index in [2.05, 4.69) is 20.9 Å². The zero-order valence-corrected chi connectivity index (χ0v) is 9.53. The third-order valence-corrected chi connectivity index (χ3v) is 3.08. The maximum absolute atomic E-state index is 5.11. The predicted octanol–water partition coefficient (Wildman–Crippen LogP) is 2.51. The summed E-state index contributed by atoms with van der Waals surface area (Å²) in [5.74, 6) is 0. The van der Waals surface area contributed by atoms with Gasteiger partial charge in [-0.15, -0.1) is 11.3 Å². The van der Waals surface area contributed by atoms with Crippen LogP contribution in [0.1, 0.15) is 16.9 Å². The lowest BCUT2D eigenvalue weighted by Gasteiger charge is -2.10. The van der Waals surface area contributed by atoms with Crippen molar-refractivity contribution in [1.29, 1.82) is 0 Å². The number of ether oxygens (including phenoxy) is 2. The van der Waals surface area contributed by atoms with Gasteiger partial charge in [-0.2, -0.15) is 0 Å². The van der Waals surface area contributed by atoms with Gasteiger partial charge in [0, 0.05) is 14.2 Å². The molecule has 0 unspecified atom stereocenters. The average Bonchev–Trinajstić information content (AvgIpc) is 2.34. The van der Waals surface area contributed by atoms with E-state index in [1.807, 2.05) is 6.92 Å². The molecule has 0 amide bonds. The van der Waals surface area contributed by atoms with E-state index in [-0.39, 0.29) is 6.29 Å². The maximum Gasteiger partial charge on any atom is 0.194 e. The lowest BCUT2D eigenvalue weighted by Crippen LogP contribution is -2.02. The minimum absolute atomic E-state index is 0.297. The molecule has 0 aliphatic rings. The second-order valence-corrected chi connectivity index (χ2v) is 4.53. The highest BCUT2D eigenvalue weighted by atomic mass is 79.9. The quantitative estimate of drug-likeness (QED) is 0.774. The van der Waals surface area contributed by atoms with Crippen LogP contribution in [0.4, 0.5) is 0 Å². The van der Waals surface area contributed by atoms with Crippen LogP contribution < -0.4 is 0 Å². The van der Waals surface area contributed by atoms with Gasteiger partial charge >= 0.3 is 0 Å². The summed E-state index contributed by atoms with van der Waals surface area (Å²) in [6, 6.07) is 0. The molecule has 0 saturated carbocycles. The smallest absolute Gasteiger partial charge is 0.194 e. The van der Waals surface area contributed by atoms with Crippen LogP contribution >= 0.6 is 27.3 Å². The number of rotatable bonds is 3. The molecular weight excluding hydrogens is 242 g/mol. The van der Waals surface area contributed by atoms with Crippen molar-refractivity contribution in [2.75, 3.05) is 14.2 Å². The topological polar surface area (TPSA) is 31.4 Å². The summed E-state index contributed by atoms with van der Waals surface area (Å²) in [5.41, 5.74) is 0.945. The van der Waals surface area contributed by atoms with E-state index in [0.717, 1.165) is 14.5 Å². The minimum Gasteiger partial charge on any atom is -0.351 e. The molecule has 0 aromatic carbocycles. The van der Waals surface area contributed by atoms with Crippen molar-refractivity contribution in [2.24, 2.45) is 0 Å². The lowest BCUT2D eigenvalue weighted by molar-refractivity contribution is -0.104. The van der Waals surface area contributed by atoms with Gasteiger partial charge < -0.3 is 9.47 Å². The first-order valence-corrected chi connectivity index (χ1v) is 4.98. The molecular formula is C7H10BrNO2S. The molecule has 1 rings (SSSR count). The van der Waals surface area contributed by atoms with E-state index in [1.54, 1.807) is 14.2 Å². The van der Waals surface area contributed by atoms with Gasteiger partial charge in [0.2, 0.25) is 0 Å². The number of hydrogen-bond acceptors (Lipinski definition) is 4. The third-order valence-electron chi connectivity index (χ3n) is 1.45. The van der Waals surface area contributed by atoms with Gasteiger partial charge in [0.05, 0.1) is 10.6 Å². The average molecular weight is 252 g/mol. The molecule has 0 N–H and O–H groups in total. The van der Waals surface area contributed by atoms with Gasteiger partial charge in [0.15, 0.2) is 10.2 Å². The van der Waals surface area contributed by atoms with Crippen molar-refractivity contribution in [1.82, 2.24) is 4.98 Å². The Morgan fingerprint density at radius 1 is 1.42 bits per heavy atom. The molecule has 5 heteroatoms. The van der Waals surface area contributed by atoms with E-state index >= 15 is 0 Å². The Hall–Kier alpha value is 0.0300. The number of aromatic nitrogens is 1. The number of methoxy groups -OCH3 is 2. The Morgan fingerprint density at radius 3 is 2.33 bits per heavy atom. The standard InChI is InChI=1S/C7H10BrNO2S/c1-4-5(6(10-2)11-3)12-7(8)9-4/h6H,1-3H3. The first-order valence-electron chi connectivity index (χ1n) is 3.37. The van der Waals surface area contributed by atoms with Crippen molar-refractivity contribution in [3.05, 3.63) is 14.5 Å². The fourth-order valence-corrected chi connectivity index (χ4v) is 2.54. The zero-order chi connectivity index (χ0) is 9.14. The van der Waals surface area contributed by atoms with Crippen LogP contribution in [-0.4, -0.2) is 19.2 Å². The molecule has 0 fully saturated rings. The summed E-state index contributed by atoms with van der Waals surface area (Å²) in [6.07, 6.45) is -0.297. The van der Waals surface area contributed by atoms with Crippen molar-refractivity contribution < 1.29 is 9.47 Å². The summed E-state index contributed by atoms with van der Waals surface area (Å²) in [4.78, 5) is 5.21. The molecule has 0 saturated heterocycles. The monoisotopic (exact) mass is 251 g/mol. The largest absolute Gasteiger partial charge is 0.351 e. The maximum atomic E-state index is 5.11. The van der Waals surface area contributed by atoms with Crippen molar-refractivity contribution in [3.8, 4) is 0 Å². The van der Waals surface area contributed by atoms with Gasteiger partial charge in [-0.3, -0.25) is 0 Å². The molecule has 0 aliphatic heterocycles. The molecule has 68 valence electrons. The van der Waals surface area contributed by atoms with Gasteiger partial charge in [-0.05, 0) is 22.9 Å². The molecule has 0 bridgehead atoms. The molecule has 3 nitrogen and oxygen atoms in total. The normalized spacial score (nSPS) is 11.1. The zero-order valence-electron chi connectivity index (χ0n) is 7.13. The molecule has 1 aromatic heterocycles. The Labute approximate surface area is 83.8 Å². The van der Waals surface area contributed by atoms with Crippen molar-refractivity contribution in [2.45, 2.75) is 13.2 Å².